The fraction of sp³-hybridized carbons (Fsp3) is 0.500. The van der Waals surface area contributed by atoms with Gasteiger partial charge in [0.05, 0.1) is 12.7 Å². The van der Waals surface area contributed by atoms with Gasteiger partial charge in [-0.3, -0.25) is 4.79 Å². The van der Waals surface area contributed by atoms with Gasteiger partial charge in [-0.1, -0.05) is 20.8 Å². The molecule has 1 aromatic rings. The summed E-state index contributed by atoms with van der Waals surface area (Å²) in [6.45, 7) is 10.4. The lowest BCUT2D eigenvalue weighted by atomic mass is 9.84. The van der Waals surface area contributed by atoms with Gasteiger partial charge in [0.25, 0.3) is 9.04 Å². The average molecular weight is 265 g/mol. The van der Waals surface area contributed by atoms with Gasteiger partial charge in [0.1, 0.15) is 11.5 Å². The molecule has 4 heteroatoms. The van der Waals surface area contributed by atoms with Crippen molar-refractivity contribution in [3.05, 3.63) is 23.3 Å². The second kappa shape index (κ2) is 5.57. The minimum absolute atomic E-state index is 0.142. The summed E-state index contributed by atoms with van der Waals surface area (Å²) in [6, 6.07) is 3.58. The van der Waals surface area contributed by atoms with Crippen LogP contribution in [0.15, 0.2) is 12.1 Å². The largest absolute Gasteiger partial charge is 0.542 e. The molecule has 0 unspecified atom stereocenters. The van der Waals surface area contributed by atoms with Crippen LogP contribution in [0.25, 0.3) is 0 Å². The molecule has 1 rings (SSSR count). The second-order valence-electron chi connectivity index (χ2n) is 5.44. The maximum absolute atomic E-state index is 11.2. The number of rotatable bonds is 4. The van der Waals surface area contributed by atoms with E-state index >= 15 is 0 Å². The fourth-order valence-corrected chi connectivity index (χ4v) is 2.50. The maximum atomic E-state index is 11.2. The summed E-state index contributed by atoms with van der Waals surface area (Å²) in [6.07, 6.45) is 0.842. The quantitative estimate of drug-likeness (QED) is 0.618. The highest BCUT2D eigenvalue weighted by atomic mass is 28.3. The Labute approximate surface area is 111 Å². The van der Waals surface area contributed by atoms with Gasteiger partial charge < -0.3 is 9.16 Å². The molecular weight excluding hydrogens is 244 g/mol. The Morgan fingerprint density at radius 3 is 2.22 bits per heavy atom. The fourth-order valence-electron chi connectivity index (χ4n) is 1.87. The SMILES string of the molecule is COc1ccc(C=O)c(O[Si](C)C)c1C(C)(C)C. The van der Waals surface area contributed by atoms with Gasteiger partial charge >= 0.3 is 0 Å². The van der Waals surface area contributed by atoms with Crippen LogP contribution < -0.4 is 9.16 Å². The lowest BCUT2D eigenvalue weighted by Gasteiger charge is -2.27. The number of carbonyl (C=O) groups excluding carboxylic acids is 1. The minimum atomic E-state index is -0.940. The first-order valence-electron chi connectivity index (χ1n) is 5.96. The summed E-state index contributed by atoms with van der Waals surface area (Å²) in [5.74, 6) is 1.45. The van der Waals surface area contributed by atoms with Crippen molar-refractivity contribution in [3.8, 4) is 11.5 Å². The summed E-state index contributed by atoms with van der Waals surface area (Å²) in [7, 11) is 0.698. The Kier molecular flexibility index (Phi) is 4.57. The lowest BCUT2D eigenvalue weighted by molar-refractivity contribution is 0.112. The highest BCUT2D eigenvalue weighted by Gasteiger charge is 2.26. The van der Waals surface area contributed by atoms with Crippen molar-refractivity contribution in [1.82, 2.24) is 0 Å². The molecule has 18 heavy (non-hydrogen) atoms. The van der Waals surface area contributed by atoms with Crippen molar-refractivity contribution in [2.75, 3.05) is 7.11 Å². The summed E-state index contributed by atoms with van der Waals surface area (Å²) in [5, 5.41) is 0. The number of methoxy groups -OCH3 is 1. The molecule has 0 atom stereocenters. The van der Waals surface area contributed by atoms with E-state index in [1.54, 1.807) is 13.2 Å². The molecule has 0 N–H and O–H groups in total. The van der Waals surface area contributed by atoms with E-state index in [2.05, 4.69) is 20.8 Å². The van der Waals surface area contributed by atoms with E-state index in [-0.39, 0.29) is 5.41 Å². The zero-order chi connectivity index (χ0) is 13.9. The number of hydrogen-bond acceptors (Lipinski definition) is 3. The molecule has 0 aromatic heterocycles. The molecule has 0 fully saturated rings. The predicted molar refractivity (Wildman–Crippen MR) is 75.2 cm³/mol. The maximum Gasteiger partial charge on any atom is 0.274 e. The smallest absolute Gasteiger partial charge is 0.274 e. The standard InChI is InChI=1S/C14H21O3Si/c1-14(2,3)12-11(16-4)8-7-10(9-15)13(12)17-18(5)6/h7-9H,1-6H3. The Balaban J connectivity index is 3.53. The van der Waals surface area contributed by atoms with Crippen LogP contribution in [0.3, 0.4) is 0 Å². The zero-order valence-electron chi connectivity index (χ0n) is 12.0. The Bertz CT molecular complexity index is 433. The first-order chi connectivity index (χ1) is 8.31. The molecule has 0 amide bonds. The van der Waals surface area contributed by atoms with Gasteiger partial charge in [0.15, 0.2) is 6.29 Å². The van der Waals surface area contributed by atoms with Crippen molar-refractivity contribution in [2.24, 2.45) is 0 Å². The highest BCUT2D eigenvalue weighted by molar-refractivity contribution is 6.49. The Morgan fingerprint density at radius 2 is 1.83 bits per heavy atom. The molecule has 99 valence electrons. The van der Waals surface area contributed by atoms with E-state index in [4.69, 9.17) is 9.16 Å². The van der Waals surface area contributed by atoms with E-state index in [1.165, 1.54) is 0 Å². The Morgan fingerprint density at radius 1 is 1.22 bits per heavy atom. The van der Waals surface area contributed by atoms with Crippen LogP contribution in [0.4, 0.5) is 0 Å². The molecular formula is C14H21O3Si. The van der Waals surface area contributed by atoms with Crippen LogP contribution in [0.5, 0.6) is 11.5 Å². The van der Waals surface area contributed by atoms with Crippen molar-refractivity contribution < 1.29 is 14.0 Å². The monoisotopic (exact) mass is 265 g/mol. The molecule has 1 radical (unpaired) electrons. The minimum Gasteiger partial charge on any atom is -0.542 e. The predicted octanol–water partition coefficient (Wildman–Crippen LogP) is 3.44. The van der Waals surface area contributed by atoms with E-state index < -0.39 is 9.04 Å². The molecule has 0 aliphatic heterocycles. The van der Waals surface area contributed by atoms with E-state index in [0.717, 1.165) is 17.6 Å². The topological polar surface area (TPSA) is 35.5 Å². The van der Waals surface area contributed by atoms with E-state index in [9.17, 15) is 4.79 Å². The number of carbonyl (C=O) groups is 1. The van der Waals surface area contributed by atoms with Gasteiger partial charge in [0.2, 0.25) is 0 Å². The first-order valence-corrected chi connectivity index (χ1v) is 8.36. The number of benzene rings is 1. The van der Waals surface area contributed by atoms with Crippen molar-refractivity contribution in [1.29, 1.82) is 0 Å². The molecule has 0 aliphatic carbocycles. The van der Waals surface area contributed by atoms with Crippen LogP contribution in [0.1, 0.15) is 36.7 Å². The highest BCUT2D eigenvalue weighted by Crippen LogP contribution is 2.40. The van der Waals surface area contributed by atoms with Crippen molar-refractivity contribution in [3.63, 3.8) is 0 Å². The average Bonchev–Trinajstić information content (AvgIpc) is 2.25. The third kappa shape index (κ3) is 3.13. The molecule has 0 spiro atoms. The van der Waals surface area contributed by atoms with Crippen molar-refractivity contribution >= 4 is 15.3 Å². The van der Waals surface area contributed by atoms with Gasteiger partial charge in [0, 0.05) is 5.56 Å². The zero-order valence-corrected chi connectivity index (χ0v) is 13.0. The van der Waals surface area contributed by atoms with Crippen LogP contribution in [-0.4, -0.2) is 22.4 Å². The van der Waals surface area contributed by atoms with Gasteiger partial charge in [-0.25, -0.2) is 0 Å². The second-order valence-corrected chi connectivity index (χ2v) is 7.46. The van der Waals surface area contributed by atoms with Crippen LogP contribution in [0.2, 0.25) is 13.1 Å². The Hall–Kier alpha value is -1.29. The van der Waals surface area contributed by atoms with E-state index in [1.807, 2.05) is 19.2 Å². The number of ether oxygens (including phenoxy) is 1. The summed E-state index contributed by atoms with van der Waals surface area (Å²) < 4.78 is 11.3. The summed E-state index contributed by atoms with van der Waals surface area (Å²) in [4.78, 5) is 11.2. The summed E-state index contributed by atoms with van der Waals surface area (Å²) >= 11 is 0. The third-order valence-corrected chi connectivity index (χ3v) is 3.17. The molecule has 0 aliphatic rings. The molecule has 0 saturated heterocycles. The van der Waals surface area contributed by atoms with E-state index in [0.29, 0.717) is 11.3 Å². The first kappa shape index (κ1) is 14.8. The number of hydrogen-bond donors (Lipinski definition) is 0. The molecule has 1 aromatic carbocycles. The third-order valence-electron chi connectivity index (χ3n) is 2.55. The number of aldehydes is 1. The van der Waals surface area contributed by atoms with Gasteiger partial charge in [-0.15, -0.1) is 0 Å². The molecule has 0 heterocycles. The molecule has 3 nitrogen and oxygen atoms in total. The molecule has 0 bridgehead atoms. The van der Waals surface area contributed by atoms with Crippen LogP contribution >= 0.6 is 0 Å². The summed E-state index contributed by atoms with van der Waals surface area (Å²) in [5.41, 5.74) is 1.41. The van der Waals surface area contributed by atoms with Crippen molar-refractivity contribution in [2.45, 2.75) is 39.3 Å². The van der Waals surface area contributed by atoms with Crippen LogP contribution in [0, 0.1) is 0 Å². The van der Waals surface area contributed by atoms with Crippen LogP contribution in [-0.2, 0) is 5.41 Å². The normalized spacial score (nSPS) is 11.5. The lowest BCUT2D eigenvalue weighted by Crippen LogP contribution is -2.20. The van der Waals surface area contributed by atoms with Gasteiger partial charge in [-0.2, -0.15) is 0 Å². The van der Waals surface area contributed by atoms with Gasteiger partial charge in [-0.05, 0) is 30.6 Å². The molecule has 0 saturated carbocycles.